The first-order valence-electron chi connectivity index (χ1n) is 17.8. The molecule has 2 aliphatic heterocycles. The first-order valence-corrected chi connectivity index (χ1v) is 17.8. The van der Waals surface area contributed by atoms with Crippen molar-refractivity contribution in [2.24, 2.45) is 45.3 Å². The third kappa shape index (κ3) is 4.96. The molecule has 2 saturated heterocycles. The van der Waals surface area contributed by atoms with Crippen molar-refractivity contribution in [1.29, 1.82) is 0 Å². The van der Waals surface area contributed by atoms with Gasteiger partial charge in [-0.2, -0.15) is 0 Å². The lowest BCUT2D eigenvalue weighted by Crippen LogP contribution is -2.56. The zero-order chi connectivity index (χ0) is 31.0. The topological polar surface area (TPSA) is 86.3 Å². The zero-order valence-corrected chi connectivity index (χ0v) is 28.4. The third-order valence-corrected chi connectivity index (χ3v) is 14.1. The van der Waals surface area contributed by atoms with Crippen LogP contribution in [0.15, 0.2) is 0 Å². The number of rotatable bonds is 5. The molecular weight excluding hydrogens is 542 g/mol. The van der Waals surface area contributed by atoms with Gasteiger partial charge in [0, 0.05) is 20.0 Å². The summed E-state index contributed by atoms with van der Waals surface area (Å²) < 4.78 is 25.1. The molecule has 12 atom stereocenters. The average Bonchev–Trinajstić information content (AvgIpc) is 3.54. The minimum atomic E-state index is -1.13. The fraction of sp³-hybridized carbons (Fsp3) is 0.972. The van der Waals surface area contributed by atoms with E-state index in [4.69, 9.17) is 18.9 Å². The minimum Gasteiger partial charge on any atom is -0.457 e. The molecule has 5 aliphatic carbocycles. The number of aliphatic hydroxyl groups is 1. The van der Waals surface area contributed by atoms with Crippen molar-refractivity contribution in [3.8, 4) is 0 Å². The molecule has 7 rings (SSSR count). The van der Waals surface area contributed by atoms with Gasteiger partial charge in [-0.05, 0) is 123 Å². The Labute approximate surface area is 260 Å². The molecule has 5 saturated carbocycles. The Morgan fingerprint density at radius 2 is 1.72 bits per heavy atom. The van der Waals surface area contributed by atoms with Crippen LogP contribution >= 0.6 is 0 Å². The Morgan fingerprint density at radius 3 is 2.40 bits per heavy atom. The summed E-state index contributed by atoms with van der Waals surface area (Å²) in [5.74, 6) is 2.45. The molecule has 7 aliphatic rings. The van der Waals surface area contributed by atoms with Crippen LogP contribution in [-0.2, 0) is 23.7 Å². The van der Waals surface area contributed by atoms with Gasteiger partial charge < -0.3 is 29.4 Å². The number of carbonyl (C=O) groups excluding carboxylic acids is 1. The van der Waals surface area contributed by atoms with Crippen molar-refractivity contribution in [3.63, 3.8) is 0 Å². The van der Waals surface area contributed by atoms with Gasteiger partial charge >= 0.3 is 5.97 Å². The predicted octanol–water partition coefficient (Wildman–Crippen LogP) is 6.25. The molecule has 7 heteroatoms. The Hall–Kier alpha value is -0.730. The summed E-state index contributed by atoms with van der Waals surface area (Å²) in [4.78, 5) is 11.9. The number of ether oxygens (including phenoxy) is 4. The molecule has 8 unspecified atom stereocenters. The molecule has 0 aromatic carbocycles. The lowest BCUT2D eigenvalue weighted by molar-refractivity contribution is -0.232. The van der Waals surface area contributed by atoms with Gasteiger partial charge in [0.05, 0.1) is 30.5 Å². The van der Waals surface area contributed by atoms with Gasteiger partial charge in [-0.15, -0.1) is 0 Å². The fourth-order valence-electron chi connectivity index (χ4n) is 12.4. The lowest BCUT2D eigenvalue weighted by Gasteiger charge is -2.60. The molecule has 246 valence electrons. The maximum absolute atomic E-state index is 11.9. The number of hydrogen-bond acceptors (Lipinski definition) is 7. The van der Waals surface area contributed by atoms with Crippen LogP contribution in [0.25, 0.3) is 0 Å². The van der Waals surface area contributed by atoms with Gasteiger partial charge in [0.15, 0.2) is 12.4 Å². The Balaban J connectivity index is 0.00000161. The number of fused-ring (bicyclic) bond motifs is 4. The van der Waals surface area contributed by atoms with Gasteiger partial charge in [0.2, 0.25) is 0 Å². The molecule has 0 bridgehead atoms. The van der Waals surface area contributed by atoms with Crippen LogP contribution in [0, 0.1) is 45.3 Å². The van der Waals surface area contributed by atoms with E-state index in [1.165, 1.54) is 45.4 Å². The second-order valence-corrected chi connectivity index (χ2v) is 16.6. The van der Waals surface area contributed by atoms with E-state index >= 15 is 0 Å². The van der Waals surface area contributed by atoms with Crippen LogP contribution in [0.3, 0.4) is 0 Å². The van der Waals surface area contributed by atoms with Crippen molar-refractivity contribution in [2.45, 2.75) is 156 Å². The van der Waals surface area contributed by atoms with Gasteiger partial charge in [0.1, 0.15) is 0 Å². The summed E-state index contributed by atoms with van der Waals surface area (Å²) in [7, 11) is 0. The Morgan fingerprint density at radius 1 is 0.977 bits per heavy atom. The molecule has 2 N–H and O–H groups in total. The summed E-state index contributed by atoms with van der Waals surface area (Å²) in [6.07, 6.45) is 11.8. The van der Waals surface area contributed by atoms with E-state index < -0.39 is 11.7 Å². The predicted molar refractivity (Wildman–Crippen MR) is 166 cm³/mol. The van der Waals surface area contributed by atoms with Crippen molar-refractivity contribution >= 4 is 5.97 Å². The smallest absolute Gasteiger partial charge is 0.303 e. The van der Waals surface area contributed by atoms with E-state index in [-0.39, 0.29) is 36.0 Å². The molecule has 43 heavy (non-hydrogen) atoms. The van der Waals surface area contributed by atoms with E-state index in [9.17, 15) is 9.90 Å². The molecule has 0 aromatic rings. The molecule has 2 spiro atoms. The van der Waals surface area contributed by atoms with Crippen LogP contribution in [-0.4, -0.2) is 67.1 Å². The van der Waals surface area contributed by atoms with Gasteiger partial charge in [0.25, 0.3) is 0 Å². The average molecular weight is 604 g/mol. The highest BCUT2D eigenvalue weighted by atomic mass is 16.7. The number of carbonyl (C=O) groups is 1. The van der Waals surface area contributed by atoms with Crippen LogP contribution in [0.5, 0.6) is 0 Å². The second-order valence-electron chi connectivity index (χ2n) is 16.6. The normalized spacial score (nSPS) is 48.6. The number of nitrogens with one attached hydrogen (secondary N) is 1. The van der Waals surface area contributed by atoms with Crippen molar-refractivity contribution in [2.75, 3.05) is 19.7 Å². The second kappa shape index (κ2) is 11.2. The largest absolute Gasteiger partial charge is 0.457 e. The standard InChI is InChI=1S/C34H55NO6.C2H6/c1-20(36)39-29(31(4,5)37)24-9-7-22-25(40-24)17-23-21-8-10-26-30(2,3)27(41-28-18-35-15-16-38-28)11-12-34(26)19-33(21,34)14-13-32(22,23)6;1-2/h21-29,35,37H,7-19H2,1-6H3;1-2H3/t21?,22-,23?,24?,25?,26?,27-,28?,29-,32?,33-,34?;/m0./s1. The van der Waals surface area contributed by atoms with E-state index in [1.54, 1.807) is 13.8 Å². The maximum atomic E-state index is 11.9. The van der Waals surface area contributed by atoms with E-state index in [0.29, 0.717) is 28.1 Å². The van der Waals surface area contributed by atoms with Gasteiger partial charge in [-0.25, -0.2) is 0 Å². The highest BCUT2D eigenvalue weighted by molar-refractivity contribution is 5.66. The monoisotopic (exact) mass is 603 g/mol. The maximum Gasteiger partial charge on any atom is 0.303 e. The van der Waals surface area contributed by atoms with Crippen LogP contribution in [0.1, 0.15) is 120 Å². The molecular formula is C36H61NO6. The molecule has 7 fully saturated rings. The lowest BCUT2D eigenvalue weighted by atomic mass is 9.46. The summed E-state index contributed by atoms with van der Waals surface area (Å²) in [5, 5.41) is 14.3. The van der Waals surface area contributed by atoms with Crippen LogP contribution < -0.4 is 5.32 Å². The SMILES string of the molecule is CC.CC(=O)O[C@@H](C1CC[C@H]2C(CC3C4CCC5C(C)(C)[C@@H](OC6CNCCO6)CCC56C[C@@]46CCC32C)O1)C(C)(C)O. The summed E-state index contributed by atoms with van der Waals surface area (Å²) in [6, 6.07) is 0. The number of esters is 1. The summed E-state index contributed by atoms with van der Waals surface area (Å²) in [5.41, 5.74) is 0.360. The van der Waals surface area contributed by atoms with E-state index in [0.717, 1.165) is 57.2 Å². The van der Waals surface area contributed by atoms with Crippen molar-refractivity contribution in [1.82, 2.24) is 5.32 Å². The minimum absolute atomic E-state index is 0.107. The van der Waals surface area contributed by atoms with Crippen LogP contribution in [0.4, 0.5) is 0 Å². The zero-order valence-electron chi connectivity index (χ0n) is 28.4. The number of morpholine rings is 1. The molecule has 7 nitrogen and oxygen atoms in total. The van der Waals surface area contributed by atoms with Gasteiger partial charge in [-0.3, -0.25) is 4.79 Å². The first kappa shape index (κ1) is 32.2. The van der Waals surface area contributed by atoms with Crippen molar-refractivity contribution in [3.05, 3.63) is 0 Å². The molecule has 2 heterocycles. The van der Waals surface area contributed by atoms with Crippen LogP contribution in [0.2, 0.25) is 0 Å². The van der Waals surface area contributed by atoms with Crippen molar-refractivity contribution < 1.29 is 28.8 Å². The van der Waals surface area contributed by atoms with E-state index in [1.807, 2.05) is 13.8 Å². The molecule has 0 amide bonds. The molecule has 0 radical (unpaired) electrons. The quantitative estimate of drug-likeness (QED) is 0.359. The van der Waals surface area contributed by atoms with Gasteiger partial charge in [-0.1, -0.05) is 34.6 Å². The first-order chi connectivity index (χ1) is 20.3. The third-order valence-electron chi connectivity index (χ3n) is 14.1. The highest BCUT2D eigenvalue weighted by Crippen LogP contribution is 2.87. The Kier molecular flexibility index (Phi) is 8.40. The van der Waals surface area contributed by atoms with E-state index in [2.05, 4.69) is 26.1 Å². The Bertz CT molecular complexity index is 1040. The number of hydrogen-bond donors (Lipinski definition) is 2. The summed E-state index contributed by atoms with van der Waals surface area (Å²) >= 11 is 0. The highest BCUT2D eigenvalue weighted by Gasteiger charge is 2.80. The summed E-state index contributed by atoms with van der Waals surface area (Å²) in [6.45, 7) is 19.0. The molecule has 0 aromatic heterocycles. The fourth-order valence-corrected chi connectivity index (χ4v) is 12.4.